The molecule has 0 spiro atoms. The summed E-state index contributed by atoms with van der Waals surface area (Å²) in [6.07, 6.45) is -0.377. The topological polar surface area (TPSA) is 76.7 Å². The van der Waals surface area contributed by atoms with Gasteiger partial charge in [-0.25, -0.2) is 4.79 Å². The van der Waals surface area contributed by atoms with Gasteiger partial charge in [0.05, 0.1) is 17.4 Å². The van der Waals surface area contributed by atoms with Gasteiger partial charge >= 0.3 is 11.6 Å². The van der Waals surface area contributed by atoms with E-state index in [-0.39, 0.29) is 12.0 Å². The first-order valence-electron chi connectivity index (χ1n) is 6.85. The van der Waals surface area contributed by atoms with Crippen molar-refractivity contribution in [3.8, 4) is 5.75 Å². The molecule has 0 aliphatic heterocycles. The second kappa shape index (κ2) is 6.05. The van der Waals surface area contributed by atoms with E-state index in [1.54, 1.807) is 13.0 Å². The van der Waals surface area contributed by atoms with Crippen molar-refractivity contribution in [1.29, 1.82) is 0 Å². The molecule has 116 valence electrons. The summed E-state index contributed by atoms with van der Waals surface area (Å²) in [5.41, 5.74) is 2.24. The van der Waals surface area contributed by atoms with Crippen LogP contribution in [0.3, 0.4) is 0 Å². The lowest BCUT2D eigenvalue weighted by Gasteiger charge is -2.13. The van der Waals surface area contributed by atoms with Crippen LogP contribution in [0.4, 0.5) is 0 Å². The van der Waals surface area contributed by atoms with Gasteiger partial charge in [0.2, 0.25) is 0 Å². The maximum absolute atomic E-state index is 12.0. The Hall–Kier alpha value is -2.56. The van der Waals surface area contributed by atoms with Crippen LogP contribution < -0.4 is 10.4 Å². The number of hydrogen-bond acceptors (Lipinski definition) is 4. The molecule has 0 amide bonds. The molecule has 0 bridgehead atoms. The Labute approximate surface area is 127 Å². The van der Waals surface area contributed by atoms with Gasteiger partial charge < -0.3 is 14.3 Å². The molecular formula is C17H18O5. The van der Waals surface area contributed by atoms with Crippen molar-refractivity contribution in [2.24, 2.45) is 0 Å². The highest BCUT2D eigenvalue weighted by Crippen LogP contribution is 2.31. The van der Waals surface area contributed by atoms with Gasteiger partial charge in [-0.3, -0.25) is 4.79 Å². The lowest BCUT2D eigenvalue weighted by molar-refractivity contribution is -0.136. The standard InChI is InChI=1S/C17H18O5/c1-9(2)8-21-13-5-10(3)6-14-16(13)11(4)12(7-15(18)19)17(20)22-14/h5-6H,1,7-8H2,2-4H3,(H,18,19). The first kappa shape index (κ1) is 15.8. The summed E-state index contributed by atoms with van der Waals surface area (Å²) in [6.45, 7) is 9.55. The fourth-order valence-electron chi connectivity index (χ4n) is 2.31. The number of ether oxygens (including phenoxy) is 1. The van der Waals surface area contributed by atoms with Crippen LogP contribution in [0.5, 0.6) is 5.75 Å². The molecular weight excluding hydrogens is 284 g/mol. The molecule has 22 heavy (non-hydrogen) atoms. The second-order valence-electron chi connectivity index (χ2n) is 5.45. The fraction of sp³-hybridized carbons (Fsp3) is 0.294. The zero-order valence-electron chi connectivity index (χ0n) is 12.9. The van der Waals surface area contributed by atoms with Gasteiger partial charge in [0.15, 0.2) is 0 Å². The number of aliphatic carboxylic acids is 1. The van der Waals surface area contributed by atoms with Crippen LogP contribution in [0, 0.1) is 13.8 Å². The number of carbonyl (C=O) groups is 1. The van der Waals surface area contributed by atoms with Crippen molar-refractivity contribution < 1.29 is 19.1 Å². The zero-order valence-corrected chi connectivity index (χ0v) is 12.9. The molecule has 0 aliphatic rings. The normalized spacial score (nSPS) is 10.7. The summed E-state index contributed by atoms with van der Waals surface area (Å²) in [5, 5.41) is 9.58. The van der Waals surface area contributed by atoms with Crippen LogP contribution in [0.25, 0.3) is 11.0 Å². The predicted molar refractivity (Wildman–Crippen MR) is 83.6 cm³/mol. The van der Waals surface area contributed by atoms with Crippen LogP contribution in [-0.4, -0.2) is 17.7 Å². The van der Waals surface area contributed by atoms with Gasteiger partial charge in [-0.15, -0.1) is 0 Å². The fourth-order valence-corrected chi connectivity index (χ4v) is 2.31. The van der Waals surface area contributed by atoms with E-state index in [0.29, 0.717) is 28.9 Å². The molecule has 0 aliphatic carbocycles. The maximum atomic E-state index is 12.0. The van der Waals surface area contributed by atoms with Crippen LogP contribution in [0.2, 0.25) is 0 Å². The number of fused-ring (bicyclic) bond motifs is 1. The highest BCUT2D eigenvalue weighted by molar-refractivity contribution is 5.89. The summed E-state index contributed by atoms with van der Waals surface area (Å²) >= 11 is 0. The number of hydrogen-bond donors (Lipinski definition) is 1. The molecule has 0 saturated carbocycles. The van der Waals surface area contributed by atoms with E-state index < -0.39 is 11.6 Å². The lowest BCUT2D eigenvalue weighted by atomic mass is 10.0. The summed E-state index contributed by atoms with van der Waals surface area (Å²) in [6, 6.07) is 3.57. The third-order valence-electron chi connectivity index (χ3n) is 3.29. The number of rotatable bonds is 5. The van der Waals surface area contributed by atoms with Gasteiger partial charge in [0.25, 0.3) is 0 Å². The van der Waals surface area contributed by atoms with E-state index in [0.717, 1.165) is 11.1 Å². The third-order valence-corrected chi connectivity index (χ3v) is 3.29. The molecule has 0 radical (unpaired) electrons. The minimum atomic E-state index is -1.08. The highest BCUT2D eigenvalue weighted by Gasteiger charge is 2.17. The Morgan fingerprint density at radius 3 is 2.64 bits per heavy atom. The molecule has 1 N–H and O–H groups in total. The number of benzene rings is 1. The minimum Gasteiger partial charge on any atom is -0.488 e. The first-order valence-corrected chi connectivity index (χ1v) is 6.85. The van der Waals surface area contributed by atoms with E-state index in [4.69, 9.17) is 14.3 Å². The Balaban J connectivity index is 2.71. The van der Waals surface area contributed by atoms with Crippen molar-refractivity contribution in [2.75, 3.05) is 6.61 Å². The molecule has 5 nitrogen and oxygen atoms in total. The third kappa shape index (κ3) is 3.19. The van der Waals surface area contributed by atoms with E-state index >= 15 is 0 Å². The van der Waals surface area contributed by atoms with E-state index in [1.807, 2.05) is 19.9 Å². The Bertz CT molecular complexity index is 814. The molecule has 0 unspecified atom stereocenters. The SMILES string of the molecule is C=C(C)COc1cc(C)cc2oc(=O)c(CC(=O)O)c(C)c12. The van der Waals surface area contributed by atoms with Crippen LogP contribution in [-0.2, 0) is 11.2 Å². The van der Waals surface area contributed by atoms with Gasteiger partial charge in [-0.05, 0) is 49.6 Å². The monoisotopic (exact) mass is 302 g/mol. The molecule has 2 rings (SSSR count). The van der Waals surface area contributed by atoms with Gasteiger partial charge in [0, 0.05) is 0 Å². The van der Waals surface area contributed by atoms with E-state index in [1.165, 1.54) is 0 Å². The minimum absolute atomic E-state index is 0.143. The molecule has 0 atom stereocenters. The summed E-state index contributed by atoms with van der Waals surface area (Å²) in [7, 11) is 0. The summed E-state index contributed by atoms with van der Waals surface area (Å²) in [4.78, 5) is 22.9. The average Bonchev–Trinajstić information content (AvgIpc) is 2.39. The number of aryl methyl sites for hydroxylation is 2. The Kier molecular flexibility index (Phi) is 4.35. The average molecular weight is 302 g/mol. The van der Waals surface area contributed by atoms with Crippen molar-refractivity contribution >= 4 is 16.9 Å². The van der Waals surface area contributed by atoms with Crippen LogP contribution >= 0.6 is 0 Å². The molecule has 1 aromatic carbocycles. The largest absolute Gasteiger partial charge is 0.488 e. The highest BCUT2D eigenvalue weighted by atomic mass is 16.5. The molecule has 0 saturated heterocycles. The van der Waals surface area contributed by atoms with Crippen molar-refractivity contribution in [1.82, 2.24) is 0 Å². The number of carboxylic acids is 1. The molecule has 2 aromatic rings. The van der Waals surface area contributed by atoms with Crippen LogP contribution in [0.1, 0.15) is 23.6 Å². The smallest absolute Gasteiger partial charge is 0.340 e. The summed E-state index contributed by atoms with van der Waals surface area (Å²) < 4.78 is 11.0. The Morgan fingerprint density at radius 1 is 1.36 bits per heavy atom. The van der Waals surface area contributed by atoms with Gasteiger partial charge in [-0.1, -0.05) is 6.58 Å². The summed E-state index contributed by atoms with van der Waals surface area (Å²) in [5.74, 6) is -0.517. The molecule has 0 fully saturated rings. The zero-order chi connectivity index (χ0) is 16.4. The van der Waals surface area contributed by atoms with Crippen molar-refractivity contribution in [2.45, 2.75) is 27.2 Å². The number of carboxylic acid groups (broad SMARTS) is 1. The van der Waals surface area contributed by atoms with Gasteiger partial charge in [-0.2, -0.15) is 0 Å². The van der Waals surface area contributed by atoms with Crippen LogP contribution in [0.15, 0.2) is 33.5 Å². The first-order chi connectivity index (χ1) is 10.3. The Morgan fingerprint density at radius 2 is 2.05 bits per heavy atom. The second-order valence-corrected chi connectivity index (χ2v) is 5.45. The molecule has 1 aromatic heterocycles. The molecule has 5 heteroatoms. The lowest BCUT2D eigenvalue weighted by Crippen LogP contribution is -2.15. The predicted octanol–water partition coefficient (Wildman–Crippen LogP) is 2.99. The quantitative estimate of drug-likeness (QED) is 0.678. The molecule has 1 heterocycles. The van der Waals surface area contributed by atoms with E-state index in [9.17, 15) is 9.59 Å². The van der Waals surface area contributed by atoms with E-state index in [2.05, 4.69) is 6.58 Å². The van der Waals surface area contributed by atoms with Gasteiger partial charge in [0.1, 0.15) is 17.9 Å². The van der Waals surface area contributed by atoms with Crippen molar-refractivity contribution in [3.63, 3.8) is 0 Å². The van der Waals surface area contributed by atoms with Crippen molar-refractivity contribution in [3.05, 3.63) is 51.4 Å². The maximum Gasteiger partial charge on any atom is 0.340 e.